The van der Waals surface area contributed by atoms with Crippen molar-refractivity contribution in [1.29, 1.82) is 0 Å². The Kier molecular flexibility index (Phi) is 5.35. The Hall–Kier alpha value is -2.51. The third kappa shape index (κ3) is 4.06. The van der Waals surface area contributed by atoms with Gasteiger partial charge in [-0.1, -0.05) is 6.07 Å². The van der Waals surface area contributed by atoms with Gasteiger partial charge in [0.05, 0.1) is 25.0 Å². The number of amides is 1. The van der Waals surface area contributed by atoms with Gasteiger partial charge in [0.1, 0.15) is 5.82 Å². The molecule has 0 aliphatic carbocycles. The van der Waals surface area contributed by atoms with Crippen molar-refractivity contribution in [2.24, 2.45) is 0 Å². The van der Waals surface area contributed by atoms with Crippen LogP contribution in [0.3, 0.4) is 0 Å². The summed E-state index contributed by atoms with van der Waals surface area (Å²) in [5.41, 5.74) is 1.23. The summed E-state index contributed by atoms with van der Waals surface area (Å²) < 4.78 is 0. The summed E-state index contributed by atoms with van der Waals surface area (Å²) in [6, 6.07) is 7.58. The number of nitrogens with one attached hydrogen (secondary N) is 1. The molecule has 7 heteroatoms. The molecule has 3 rings (SSSR count). The number of aromatic nitrogens is 2. The van der Waals surface area contributed by atoms with Gasteiger partial charge in [-0.25, -0.2) is 4.98 Å². The number of rotatable bonds is 5. The zero-order valence-electron chi connectivity index (χ0n) is 13.4. The summed E-state index contributed by atoms with van der Waals surface area (Å²) in [7, 11) is 0. The van der Waals surface area contributed by atoms with E-state index in [1.165, 1.54) is 0 Å². The first kappa shape index (κ1) is 16.4. The normalized spacial score (nSPS) is 15.3. The number of nitrogens with zero attached hydrogens (tertiary/aromatic N) is 4. The minimum atomic E-state index is -0.124. The number of anilines is 2. The Morgan fingerprint density at radius 2 is 2.00 bits per heavy atom. The summed E-state index contributed by atoms with van der Waals surface area (Å²) in [6.45, 7) is 3.52. The molecule has 0 bridgehead atoms. The molecule has 1 aliphatic heterocycles. The van der Waals surface area contributed by atoms with Gasteiger partial charge in [0.2, 0.25) is 5.91 Å². The second kappa shape index (κ2) is 7.85. The van der Waals surface area contributed by atoms with Gasteiger partial charge in [0, 0.05) is 44.1 Å². The van der Waals surface area contributed by atoms with Gasteiger partial charge in [-0.15, -0.1) is 0 Å². The van der Waals surface area contributed by atoms with Gasteiger partial charge in [-0.2, -0.15) is 0 Å². The SMILES string of the molecule is O=C(CN1CCN(c2ccccn2)CC1)Nc1cnccc1CO. The molecule has 0 spiro atoms. The largest absolute Gasteiger partial charge is 0.392 e. The highest BCUT2D eigenvalue weighted by atomic mass is 16.3. The lowest BCUT2D eigenvalue weighted by molar-refractivity contribution is -0.117. The summed E-state index contributed by atoms with van der Waals surface area (Å²) in [5, 5.41) is 12.1. The molecule has 0 radical (unpaired) electrons. The molecule has 0 aromatic carbocycles. The molecule has 3 heterocycles. The van der Waals surface area contributed by atoms with Crippen LogP contribution in [0.2, 0.25) is 0 Å². The Morgan fingerprint density at radius 3 is 2.71 bits per heavy atom. The highest BCUT2D eigenvalue weighted by Crippen LogP contribution is 2.14. The maximum Gasteiger partial charge on any atom is 0.238 e. The fourth-order valence-electron chi connectivity index (χ4n) is 2.74. The number of carbonyl (C=O) groups is 1. The zero-order chi connectivity index (χ0) is 16.8. The minimum Gasteiger partial charge on any atom is -0.392 e. The molecule has 1 saturated heterocycles. The number of aliphatic hydroxyl groups is 1. The average molecular weight is 327 g/mol. The predicted octanol–water partition coefficient (Wildman–Crippen LogP) is 0.730. The summed E-state index contributed by atoms with van der Waals surface area (Å²) in [6.07, 6.45) is 4.95. The van der Waals surface area contributed by atoms with Gasteiger partial charge < -0.3 is 15.3 Å². The molecule has 7 nitrogen and oxygen atoms in total. The molecule has 2 N–H and O–H groups in total. The van der Waals surface area contributed by atoms with Crippen LogP contribution in [0.15, 0.2) is 42.9 Å². The molecule has 1 aliphatic rings. The van der Waals surface area contributed by atoms with E-state index < -0.39 is 0 Å². The van der Waals surface area contributed by atoms with Gasteiger partial charge >= 0.3 is 0 Å². The lowest BCUT2D eigenvalue weighted by Crippen LogP contribution is -2.48. The minimum absolute atomic E-state index is 0.0935. The van der Waals surface area contributed by atoms with E-state index in [4.69, 9.17) is 0 Å². The summed E-state index contributed by atoms with van der Waals surface area (Å²) in [4.78, 5) is 24.9. The van der Waals surface area contributed by atoms with Crippen molar-refractivity contribution < 1.29 is 9.90 Å². The number of hydrogen-bond acceptors (Lipinski definition) is 6. The van der Waals surface area contributed by atoms with E-state index in [0.717, 1.165) is 32.0 Å². The second-order valence-corrected chi connectivity index (χ2v) is 5.69. The fourth-order valence-corrected chi connectivity index (χ4v) is 2.74. The molecule has 1 fully saturated rings. The van der Waals surface area contributed by atoms with Crippen LogP contribution in [0.25, 0.3) is 0 Å². The van der Waals surface area contributed by atoms with E-state index in [0.29, 0.717) is 17.8 Å². The molecule has 0 unspecified atom stereocenters. The molecule has 2 aromatic heterocycles. The van der Waals surface area contributed by atoms with Crippen LogP contribution in [0.1, 0.15) is 5.56 Å². The monoisotopic (exact) mass is 327 g/mol. The number of carbonyl (C=O) groups excluding carboxylic acids is 1. The van der Waals surface area contributed by atoms with Gasteiger partial charge in [-0.3, -0.25) is 14.7 Å². The van der Waals surface area contributed by atoms with E-state index in [9.17, 15) is 9.90 Å². The Balaban J connectivity index is 1.50. The quantitative estimate of drug-likeness (QED) is 0.843. The fraction of sp³-hybridized carbons (Fsp3) is 0.353. The molecular weight excluding hydrogens is 306 g/mol. The van der Waals surface area contributed by atoms with Crippen molar-refractivity contribution in [3.8, 4) is 0 Å². The molecular formula is C17H21N5O2. The smallest absolute Gasteiger partial charge is 0.238 e. The number of hydrogen-bond donors (Lipinski definition) is 2. The Labute approximate surface area is 141 Å². The van der Waals surface area contributed by atoms with Crippen LogP contribution >= 0.6 is 0 Å². The number of piperazine rings is 1. The van der Waals surface area contributed by atoms with Crippen molar-refractivity contribution in [2.75, 3.05) is 42.9 Å². The number of aliphatic hydroxyl groups excluding tert-OH is 1. The molecule has 0 atom stereocenters. The molecule has 1 amide bonds. The zero-order valence-corrected chi connectivity index (χ0v) is 13.4. The summed E-state index contributed by atoms with van der Waals surface area (Å²) >= 11 is 0. The topological polar surface area (TPSA) is 81.6 Å². The lowest BCUT2D eigenvalue weighted by atomic mass is 10.2. The van der Waals surface area contributed by atoms with E-state index in [2.05, 4.69) is 25.1 Å². The third-order valence-corrected chi connectivity index (χ3v) is 4.07. The van der Waals surface area contributed by atoms with Crippen molar-refractivity contribution in [3.05, 3.63) is 48.4 Å². The maximum absolute atomic E-state index is 12.2. The highest BCUT2D eigenvalue weighted by molar-refractivity contribution is 5.92. The van der Waals surface area contributed by atoms with Crippen LogP contribution in [0, 0.1) is 0 Å². The van der Waals surface area contributed by atoms with Gasteiger partial charge in [-0.05, 0) is 18.2 Å². The van der Waals surface area contributed by atoms with Crippen LogP contribution in [0.4, 0.5) is 11.5 Å². The average Bonchev–Trinajstić information content (AvgIpc) is 2.63. The third-order valence-electron chi connectivity index (χ3n) is 4.07. The van der Waals surface area contributed by atoms with Gasteiger partial charge in [0.25, 0.3) is 0 Å². The predicted molar refractivity (Wildman–Crippen MR) is 91.7 cm³/mol. The van der Waals surface area contributed by atoms with Crippen molar-refractivity contribution in [3.63, 3.8) is 0 Å². The Morgan fingerprint density at radius 1 is 1.17 bits per heavy atom. The van der Waals surface area contributed by atoms with E-state index in [1.807, 2.05) is 18.2 Å². The van der Waals surface area contributed by atoms with Crippen LogP contribution in [-0.4, -0.2) is 58.6 Å². The Bertz CT molecular complexity index is 672. The van der Waals surface area contributed by atoms with Crippen molar-refractivity contribution in [1.82, 2.24) is 14.9 Å². The molecule has 24 heavy (non-hydrogen) atoms. The molecule has 2 aromatic rings. The van der Waals surface area contributed by atoms with E-state index >= 15 is 0 Å². The highest BCUT2D eigenvalue weighted by Gasteiger charge is 2.20. The maximum atomic E-state index is 12.2. The van der Waals surface area contributed by atoms with E-state index in [1.54, 1.807) is 24.7 Å². The van der Waals surface area contributed by atoms with Crippen molar-refractivity contribution in [2.45, 2.75) is 6.61 Å². The first-order chi connectivity index (χ1) is 11.8. The van der Waals surface area contributed by atoms with Gasteiger partial charge in [0.15, 0.2) is 0 Å². The van der Waals surface area contributed by atoms with Crippen LogP contribution in [0.5, 0.6) is 0 Å². The second-order valence-electron chi connectivity index (χ2n) is 5.69. The van der Waals surface area contributed by atoms with E-state index in [-0.39, 0.29) is 12.5 Å². The molecule has 0 saturated carbocycles. The first-order valence-corrected chi connectivity index (χ1v) is 7.98. The van der Waals surface area contributed by atoms with Crippen molar-refractivity contribution >= 4 is 17.4 Å². The van der Waals surface area contributed by atoms with Crippen LogP contribution < -0.4 is 10.2 Å². The number of pyridine rings is 2. The standard InChI is InChI=1S/C17H21N5O2/c23-13-14-4-6-18-11-15(14)20-17(24)12-21-7-9-22(10-8-21)16-3-1-2-5-19-16/h1-6,11,23H,7-10,12-13H2,(H,20,24). The first-order valence-electron chi connectivity index (χ1n) is 7.98. The molecule has 126 valence electrons. The summed E-state index contributed by atoms with van der Waals surface area (Å²) in [5.74, 6) is 0.883. The van der Waals surface area contributed by atoms with Crippen LogP contribution in [-0.2, 0) is 11.4 Å². The lowest BCUT2D eigenvalue weighted by Gasteiger charge is -2.34.